The van der Waals surface area contributed by atoms with Gasteiger partial charge in [-0.25, -0.2) is 4.79 Å². The van der Waals surface area contributed by atoms with E-state index in [1.165, 1.54) is 12.3 Å². The van der Waals surface area contributed by atoms with E-state index < -0.39 is 17.9 Å². The summed E-state index contributed by atoms with van der Waals surface area (Å²) in [5.74, 6) is -1.75. The van der Waals surface area contributed by atoms with Gasteiger partial charge in [-0.1, -0.05) is 13.0 Å². The number of nitrogens with zero attached hydrogens (tertiary/aromatic N) is 1. The molecule has 6 heteroatoms. The fourth-order valence-electron chi connectivity index (χ4n) is 1.47. The lowest BCUT2D eigenvalue weighted by Gasteiger charge is -2.13. The lowest BCUT2D eigenvalue weighted by molar-refractivity contribution is -0.139. The molecule has 1 rings (SSSR count). The van der Waals surface area contributed by atoms with Crippen LogP contribution in [0.2, 0.25) is 0 Å². The number of nitrogens with one attached hydrogen (secondary N) is 1. The van der Waals surface area contributed by atoms with Crippen LogP contribution in [0.3, 0.4) is 0 Å². The van der Waals surface area contributed by atoms with Crippen molar-refractivity contribution in [2.75, 3.05) is 0 Å². The van der Waals surface area contributed by atoms with Crippen molar-refractivity contribution in [3.63, 3.8) is 0 Å². The number of hydrogen-bond acceptors (Lipinski definition) is 4. The summed E-state index contributed by atoms with van der Waals surface area (Å²) < 4.78 is 0. The topological polar surface area (TPSA) is 96.4 Å². The van der Waals surface area contributed by atoms with E-state index in [0.717, 1.165) is 0 Å². The zero-order chi connectivity index (χ0) is 14.3. The third kappa shape index (κ3) is 4.87. The van der Waals surface area contributed by atoms with Crippen molar-refractivity contribution in [2.24, 2.45) is 0 Å². The van der Waals surface area contributed by atoms with Crippen LogP contribution < -0.4 is 5.32 Å². The number of ketones is 1. The Bertz CT molecular complexity index is 459. The minimum Gasteiger partial charge on any atom is -0.480 e. The first kappa shape index (κ1) is 14.8. The molecule has 0 radical (unpaired) electrons. The summed E-state index contributed by atoms with van der Waals surface area (Å²) in [6, 6.07) is 3.71. The molecular formula is C13H16N2O4. The van der Waals surface area contributed by atoms with Crippen molar-refractivity contribution in [3.8, 4) is 0 Å². The van der Waals surface area contributed by atoms with Crippen LogP contribution in [0.5, 0.6) is 0 Å². The summed E-state index contributed by atoms with van der Waals surface area (Å²) in [5.41, 5.74) is 0.149. The zero-order valence-electron chi connectivity index (χ0n) is 10.6. The Balaban J connectivity index is 2.61. The SMILES string of the molecule is CCC(=O)CC[C@@H](NC(=O)c1ccccn1)C(=O)O. The molecule has 102 valence electrons. The molecule has 0 saturated heterocycles. The Labute approximate surface area is 110 Å². The average molecular weight is 264 g/mol. The van der Waals surface area contributed by atoms with E-state index in [1.54, 1.807) is 19.1 Å². The highest BCUT2D eigenvalue weighted by Crippen LogP contribution is 2.03. The van der Waals surface area contributed by atoms with Crippen molar-refractivity contribution >= 4 is 17.7 Å². The first-order chi connectivity index (χ1) is 9.04. The van der Waals surface area contributed by atoms with Gasteiger partial charge in [0.1, 0.15) is 17.5 Å². The number of rotatable bonds is 7. The smallest absolute Gasteiger partial charge is 0.326 e. The van der Waals surface area contributed by atoms with Crippen molar-refractivity contribution in [1.29, 1.82) is 0 Å². The van der Waals surface area contributed by atoms with Crippen LogP contribution in [0.4, 0.5) is 0 Å². The van der Waals surface area contributed by atoms with E-state index in [-0.39, 0.29) is 24.3 Å². The highest BCUT2D eigenvalue weighted by molar-refractivity contribution is 5.95. The van der Waals surface area contributed by atoms with Gasteiger partial charge >= 0.3 is 5.97 Å². The first-order valence-corrected chi connectivity index (χ1v) is 6.01. The lowest BCUT2D eigenvalue weighted by Crippen LogP contribution is -2.41. The van der Waals surface area contributed by atoms with Gasteiger partial charge in [0.05, 0.1) is 0 Å². The van der Waals surface area contributed by atoms with Crippen LogP contribution in [0.25, 0.3) is 0 Å². The second-order valence-electron chi connectivity index (χ2n) is 4.01. The predicted octanol–water partition coefficient (Wildman–Crippen LogP) is 1.02. The van der Waals surface area contributed by atoms with Crippen molar-refractivity contribution in [1.82, 2.24) is 10.3 Å². The molecule has 1 atom stereocenters. The van der Waals surface area contributed by atoms with Gasteiger partial charge in [0.15, 0.2) is 0 Å². The summed E-state index contributed by atoms with van der Waals surface area (Å²) in [6.07, 6.45) is 2.03. The minimum absolute atomic E-state index is 0.0293. The molecule has 1 heterocycles. The number of carbonyl (C=O) groups is 3. The molecule has 19 heavy (non-hydrogen) atoms. The summed E-state index contributed by atoms with van der Waals surface area (Å²) in [5, 5.41) is 11.4. The van der Waals surface area contributed by atoms with Crippen LogP contribution in [0.1, 0.15) is 36.7 Å². The molecule has 0 saturated carbocycles. The molecule has 0 bridgehead atoms. The molecule has 1 aromatic rings. The van der Waals surface area contributed by atoms with Crippen LogP contribution in [-0.2, 0) is 9.59 Å². The van der Waals surface area contributed by atoms with E-state index >= 15 is 0 Å². The second-order valence-corrected chi connectivity index (χ2v) is 4.01. The average Bonchev–Trinajstić information content (AvgIpc) is 2.43. The maximum atomic E-state index is 11.8. The molecule has 0 fully saturated rings. The summed E-state index contributed by atoms with van der Waals surface area (Å²) >= 11 is 0. The molecular weight excluding hydrogens is 248 g/mol. The van der Waals surface area contributed by atoms with Crippen LogP contribution >= 0.6 is 0 Å². The van der Waals surface area contributed by atoms with Gasteiger partial charge in [-0.05, 0) is 18.6 Å². The summed E-state index contributed by atoms with van der Waals surface area (Å²) in [4.78, 5) is 37.8. The third-order valence-corrected chi connectivity index (χ3v) is 2.61. The molecule has 0 aliphatic rings. The largest absolute Gasteiger partial charge is 0.480 e. The quantitative estimate of drug-likeness (QED) is 0.766. The van der Waals surface area contributed by atoms with Crippen LogP contribution in [0.15, 0.2) is 24.4 Å². The minimum atomic E-state index is -1.16. The van der Waals surface area contributed by atoms with E-state index in [0.29, 0.717) is 6.42 Å². The van der Waals surface area contributed by atoms with Gasteiger partial charge < -0.3 is 10.4 Å². The fraction of sp³-hybridized carbons (Fsp3) is 0.385. The van der Waals surface area contributed by atoms with Gasteiger partial charge in [0, 0.05) is 19.0 Å². The molecule has 0 spiro atoms. The van der Waals surface area contributed by atoms with Crippen molar-refractivity contribution < 1.29 is 19.5 Å². The standard InChI is InChI=1S/C13H16N2O4/c1-2-9(16)6-7-11(13(18)19)15-12(17)10-5-3-4-8-14-10/h3-5,8,11H,2,6-7H2,1H3,(H,15,17)(H,18,19)/t11-/m1/s1. The molecule has 0 unspecified atom stereocenters. The number of Topliss-reactive ketones (excluding diaryl/α,β-unsaturated/α-hetero) is 1. The Morgan fingerprint density at radius 2 is 2.11 bits per heavy atom. The molecule has 2 N–H and O–H groups in total. The number of aliphatic carboxylic acids is 1. The molecule has 0 aliphatic carbocycles. The van der Waals surface area contributed by atoms with Crippen molar-refractivity contribution in [3.05, 3.63) is 30.1 Å². The molecule has 0 aliphatic heterocycles. The summed E-state index contributed by atoms with van der Waals surface area (Å²) in [6.45, 7) is 1.71. The second kappa shape index (κ2) is 7.25. The third-order valence-electron chi connectivity index (χ3n) is 2.61. The highest BCUT2D eigenvalue weighted by Gasteiger charge is 2.21. The maximum Gasteiger partial charge on any atom is 0.326 e. The van der Waals surface area contributed by atoms with Gasteiger partial charge in [0.25, 0.3) is 5.91 Å². The Hall–Kier alpha value is -2.24. The highest BCUT2D eigenvalue weighted by atomic mass is 16.4. The van der Waals surface area contributed by atoms with Crippen LogP contribution in [0, 0.1) is 0 Å². The Kier molecular flexibility index (Phi) is 5.66. The maximum absolute atomic E-state index is 11.8. The van der Waals surface area contributed by atoms with E-state index in [4.69, 9.17) is 5.11 Å². The van der Waals surface area contributed by atoms with Gasteiger partial charge in [-0.15, -0.1) is 0 Å². The molecule has 0 aromatic carbocycles. The van der Waals surface area contributed by atoms with E-state index in [2.05, 4.69) is 10.3 Å². The zero-order valence-corrected chi connectivity index (χ0v) is 10.6. The molecule has 6 nitrogen and oxygen atoms in total. The fourth-order valence-corrected chi connectivity index (χ4v) is 1.47. The normalized spacial score (nSPS) is 11.6. The predicted molar refractivity (Wildman–Crippen MR) is 67.7 cm³/mol. The van der Waals surface area contributed by atoms with Gasteiger partial charge in [0.2, 0.25) is 0 Å². The number of carboxylic acids is 1. The number of pyridine rings is 1. The Morgan fingerprint density at radius 3 is 2.63 bits per heavy atom. The number of carbonyl (C=O) groups excluding carboxylic acids is 2. The monoisotopic (exact) mass is 264 g/mol. The van der Waals surface area contributed by atoms with Crippen molar-refractivity contribution in [2.45, 2.75) is 32.2 Å². The number of aromatic nitrogens is 1. The summed E-state index contributed by atoms with van der Waals surface area (Å²) in [7, 11) is 0. The van der Waals surface area contributed by atoms with E-state index in [1.807, 2.05) is 0 Å². The van der Waals surface area contributed by atoms with E-state index in [9.17, 15) is 14.4 Å². The molecule has 1 aromatic heterocycles. The number of amides is 1. The van der Waals surface area contributed by atoms with Crippen LogP contribution in [-0.4, -0.2) is 33.8 Å². The Morgan fingerprint density at radius 1 is 1.37 bits per heavy atom. The number of hydrogen-bond donors (Lipinski definition) is 2. The lowest BCUT2D eigenvalue weighted by atomic mass is 10.1. The van der Waals surface area contributed by atoms with Gasteiger partial charge in [-0.3, -0.25) is 14.6 Å². The number of carboxylic acid groups (broad SMARTS) is 1. The molecule has 1 amide bonds. The van der Waals surface area contributed by atoms with Gasteiger partial charge in [-0.2, -0.15) is 0 Å². The first-order valence-electron chi connectivity index (χ1n) is 6.01.